The number of carboxylic acids is 1. The fraction of sp³-hybridized carbons (Fsp3) is 0.471. The third-order valence-corrected chi connectivity index (χ3v) is 4.16. The zero-order valence-corrected chi connectivity index (χ0v) is 13.0. The summed E-state index contributed by atoms with van der Waals surface area (Å²) in [5, 5.41) is 11.8. The molecule has 124 valence electrons. The van der Waals surface area contributed by atoms with E-state index in [1.165, 1.54) is 0 Å². The minimum atomic E-state index is -0.857. The van der Waals surface area contributed by atoms with Crippen molar-refractivity contribution >= 4 is 17.8 Å². The first-order valence-electron chi connectivity index (χ1n) is 7.78. The molecule has 6 heteroatoms. The van der Waals surface area contributed by atoms with Gasteiger partial charge < -0.3 is 15.2 Å². The van der Waals surface area contributed by atoms with Crippen LogP contribution in [0.2, 0.25) is 0 Å². The summed E-state index contributed by atoms with van der Waals surface area (Å²) in [5.41, 5.74) is 0.453. The van der Waals surface area contributed by atoms with Crippen molar-refractivity contribution in [3.8, 4) is 0 Å². The number of amides is 1. The van der Waals surface area contributed by atoms with E-state index in [0.717, 1.165) is 0 Å². The molecule has 0 aromatic heterocycles. The summed E-state index contributed by atoms with van der Waals surface area (Å²) in [6, 6.07) is 7.79. The van der Waals surface area contributed by atoms with Crippen LogP contribution in [0, 0.1) is 11.8 Å². The zero-order valence-electron chi connectivity index (χ0n) is 13.0. The molecule has 1 aromatic rings. The number of benzene rings is 1. The molecule has 1 aromatic carbocycles. The maximum atomic E-state index is 12.3. The number of carbonyl (C=O) groups is 3. The van der Waals surface area contributed by atoms with E-state index in [1.807, 2.05) is 0 Å². The molecule has 0 saturated heterocycles. The predicted octanol–water partition coefficient (Wildman–Crippen LogP) is 1.85. The molecule has 3 atom stereocenters. The molecule has 0 heterocycles. The summed E-state index contributed by atoms with van der Waals surface area (Å²) in [6.07, 6.45) is 1.46. The Hall–Kier alpha value is -2.37. The highest BCUT2D eigenvalue weighted by Crippen LogP contribution is 2.33. The molecule has 2 rings (SSSR count). The molecule has 0 aliphatic heterocycles. The lowest BCUT2D eigenvalue weighted by Crippen LogP contribution is -2.46. The number of hydrogen-bond donors (Lipinski definition) is 2. The van der Waals surface area contributed by atoms with Crippen molar-refractivity contribution in [3.05, 3.63) is 35.9 Å². The largest absolute Gasteiger partial charge is 0.481 e. The van der Waals surface area contributed by atoms with Crippen LogP contribution in [-0.2, 0) is 14.3 Å². The highest BCUT2D eigenvalue weighted by Gasteiger charge is 2.39. The first kappa shape index (κ1) is 17.0. The van der Waals surface area contributed by atoms with Crippen LogP contribution in [-0.4, -0.2) is 35.6 Å². The molecular weight excluding hydrogens is 298 g/mol. The van der Waals surface area contributed by atoms with Crippen LogP contribution < -0.4 is 5.32 Å². The normalized spacial score (nSPS) is 21.4. The molecule has 0 spiro atoms. The summed E-state index contributed by atoms with van der Waals surface area (Å²) in [5.74, 6) is -2.41. The van der Waals surface area contributed by atoms with E-state index in [1.54, 1.807) is 37.3 Å². The molecule has 1 saturated carbocycles. The van der Waals surface area contributed by atoms with Crippen LogP contribution in [0.25, 0.3) is 0 Å². The second-order valence-corrected chi connectivity index (χ2v) is 5.68. The topological polar surface area (TPSA) is 92.7 Å². The zero-order chi connectivity index (χ0) is 16.8. The highest BCUT2D eigenvalue weighted by molar-refractivity contribution is 5.96. The molecular formula is C17H21NO5. The van der Waals surface area contributed by atoms with Crippen LogP contribution in [0.1, 0.15) is 36.5 Å². The van der Waals surface area contributed by atoms with Gasteiger partial charge in [0.05, 0.1) is 12.5 Å². The van der Waals surface area contributed by atoms with Gasteiger partial charge in [-0.2, -0.15) is 0 Å². The Morgan fingerprint density at radius 1 is 1.26 bits per heavy atom. The first-order valence-corrected chi connectivity index (χ1v) is 7.78. The predicted molar refractivity (Wildman–Crippen MR) is 82.8 cm³/mol. The molecule has 23 heavy (non-hydrogen) atoms. The molecule has 1 aliphatic carbocycles. The van der Waals surface area contributed by atoms with Crippen molar-refractivity contribution in [3.63, 3.8) is 0 Å². The number of carbonyl (C=O) groups excluding carboxylic acids is 2. The Morgan fingerprint density at radius 2 is 1.96 bits per heavy atom. The van der Waals surface area contributed by atoms with Crippen LogP contribution >= 0.6 is 0 Å². The molecule has 1 amide bonds. The molecule has 0 radical (unpaired) electrons. The third-order valence-electron chi connectivity index (χ3n) is 4.16. The molecule has 1 fully saturated rings. The summed E-state index contributed by atoms with van der Waals surface area (Å²) in [7, 11) is 0. The number of hydrogen-bond acceptors (Lipinski definition) is 4. The van der Waals surface area contributed by atoms with Crippen molar-refractivity contribution < 1.29 is 24.2 Å². The minimum absolute atomic E-state index is 0.214. The van der Waals surface area contributed by atoms with E-state index in [-0.39, 0.29) is 18.4 Å². The molecule has 0 unspecified atom stereocenters. The lowest BCUT2D eigenvalue weighted by Gasteiger charge is -2.23. The van der Waals surface area contributed by atoms with Gasteiger partial charge in [0.25, 0.3) is 5.91 Å². The standard InChI is InChI=1S/C17H21NO5/c1-2-23-17(22)14(12-8-9-13(10-12)16(20)21)18-15(19)11-6-4-3-5-7-11/h3-7,12-14H,2,8-10H2,1H3,(H,18,19)(H,20,21)/t12-,13+,14-/m0/s1. The summed E-state index contributed by atoms with van der Waals surface area (Å²) in [4.78, 5) is 35.6. The Kier molecular flexibility index (Phi) is 5.73. The van der Waals surface area contributed by atoms with Gasteiger partial charge in [0.1, 0.15) is 6.04 Å². The average Bonchev–Trinajstić information content (AvgIpc) is 3.03. The van der Waals surface area contributed by atoms with E-state index in [0.29, 0.717) is 24.8 Å². The monoisotopic (exact) mass is 319 g/mol. The van der Waals surface area contributed by atoms with Crippen molar-refractivity contribution in [2.75, 3.05) is 6.61 Å². The summed E-state index contributed by atoms with van der Waals surface area (Å²) < 4.78 is 5.05. The van der Waals surface area contributed by atoms with Crippen molar-refractivity contribution in [1.82, 2.24) is 5.32 Å². The Balaban J connectivity index is 2.10. The van der Waals surface area contributed by atoms with Crippen molar-refractivity contribution in [2.24, 2.45) is 11.8 Å². The van der Waals surface area contributed by atoms with Gasteiger partial charge in [0, 0.05) is 5.56 Å². The summed E-state index contributed by atoms with van der Waals surface area (Å²) in [6.45, 7) is 1.91. The maximum absolute atomic E-state index is 12.3. The third kappa shape index (κ3) is 4.31. The smallest absolute Gasteiger partial charge is 0.328 e. The van der Waals surface area contributed by atoms with Gasteiger partial charge in [-0.15, -0.1) is 0 Å². The van der Waals surface area contributed by atoms with Crippen LogP contribution in [0.3, 0.4) is 0 Å². The Bertz CT molecular complexity index is 572. The second kappa shape index (κ2) is 7.76. The van der Waals surface area contributed by atoms with Gasteiger partial charge >= 0.3 is 11.9 Å². The van der Waals surface area contributed by atoms with E-state index < -0.39 is 23.9 Å². The van der Waals surface area contributed by atoms with Gasteiger partial charge in [-0.1, -0.05) is 18.2 Å². The average molecular weight is 319 g/mol. The van der Waals surface area contributed by atoms with E-state index in [9.17, 15) is 14.4 Å². The van der Waals surface area contributed by atoms with Gasteiger partial charge in [0.15, 0.2) is 0 Å². The van der Waals surface area contributed by atoms with Gasteiger partial charge in [0.2, 0.25) is 0 Å². The van der Waals surface area contributed by atoms with Crippen molar-refractivity contribution in [2.45, 2.75) is 32.2 Å². The molecule has 1 aliphatic rings. The number of rotatable bonds is 6. The Labute approximate surface area is 134 Å². The molecule has 2 N–H and O–H groups in total. The number of nitrogens with one attached hydrogen (secondary N) is 1. The SMILES string of the molecule is CCOC(=O)[C@@H](NC(=O)c1ccccc1)[C@H]1CC[C@@H](C(=O)O)C1. The van der Waals surface area contributed by atoms with Gasteiger partial charge in [-0.25, -0.2) is 4.79 Å². The fourth-order valence-electron chi connectivity index (χ4n) is 2.96. The number of esters is 1. The van der Waals surface area contributed by atoms with E-state index in [4.69, 9.17) is 9.84 Å². The van der Waals surface area contributed by atoms with Crippen LogP contribution in [0.5, 0.6) is 0 Å². The minimum Gasteiger partial charge on any atom is -0.481 e. The van der Waals surface area contributed by atoms with Gasteiger partial charge in [-0.05, 0) is 44.2 Å². The van der Waals surface area contributed by atoms with Crippen LogP contribution in [0.15, 0.2) is 30.3 Å². The highest BCUT2D eigenvalue weighted by atomic mass is 16.5. The summed E-state index contributed by atoms with van der Waals surface area (Å²) >= 11 is 0. The molecule has 6 nitrogen and oxygen atoms in total. The Morgan fingerprint density at radius 3 is 2.52 bits per heavy atom. The fourth-order valence-corrected chi connectivity index (χ4v) is 2.96. The lowest BCUT2D eigenvalue weighted by molar-refractivity contribution is -0.147. The number of ether oxygens (including phenoxy) is 1. The van der Waals surface area contributed by atoms with Crippen LogP contribution in [0.4, 0.5) is 0 Å². The lowest BCUT2D eigenvalue weighted by atomic mass is 9.96. The first-order chi connectivity index (χ1) is 11.0. The number of aliphatic carboxylic acids is 1. The quantitative estimate of drug-likeness (QED) is 0.781. The molecule has 0 bridgehead atoms. The number of carboxylic acid groups (broad SMARTS) is 1. The second-order valence-electron chi connectivity index (χ2n) is 5.68. The van der Waals surface area contributed by atoms with Crippen molar-refractivity contribution in [1.29, 1.82) is 0 Å². The van der Waals surface area contributed by atoms with Gasteiger partial charge in [-0.3, -0.25) is 9.59 Å². The van der Waals surface area contributed by atoms with E-state index >= 15 is 0 Å². The van der Waals surface area contributed by atoms with E-state index in [2.05, 4.69) is 5.32 Å². The maximum Gasteiger partial charge on any atom is 0.328 e.